The number of hydrogen-bond acceptors (Lipinski definition) is 2. The molecule has 0 saturated carbocycles. The minimum atomic E-state index is -0.758. The predicted molar refractivity (Wildman–Crippen MR) is 63.8 cm³/mol. The van der Waals surface area contributed by atoms with Gasteiger partial charge in [0.05, 0.1) is 6.10 Å². The Kier molecular flexibility index (Phi) is 7.01. The first-order chi connectivity index (χ1) is 7.16. The van der Waals surface area contributed by atoms with Crippen molar-refractivity contribution >= 4 is 0 Å². The number of hydrogen-bond donors (Lipinski definition) is 2. The molecule has 86 valence electrons. The molecule has 0 aliphatic heterocycles. The van der Waals surface area contributed by atoms with Gasteiger partial charge in [-0.15, -0.1) is 0 Å². The van der Waals surface area contributed by atoms with Crippen LogP contribution in [0.15, 0.2) is 24.3 Å². The number of aliphatic hydroxyl groups excluding tert-OH is 2. The van der Waals surface area contributed by atoms with Crippen LogP contribution < -0.4 is 0 Å². The van der Waals surface area contributed by atoms with E-state index in [1.54, 1.807) is 0 Å². The number of benzene rings is 1. The van der Waals surface area contributed by atoms with Gasteiger partial charge in [-0.3, -0.25) is 0 Å². The second-order valence-electron chi connectivity index (χ2n) is 3.28. The molecular weight excluding hydrogens is 188 g/mol. The molecule has 1 aromatic carbocycles. The minimum absolute atomic E-state index is 0.565. The second kappa shape index (κ2) is 7.43. The van der Waals surface area contributed by atoms with Gasteiger partial charge in [-0.25, -0.2) is 0 Å². The van der Waals surface area contributed by atoms with E-state index in [1.807, 2.05) is 52.0 Å². The Balaban J connectivity index is 0.000000921. The molecule has 2 nitrogen and oxygen atoms in total. The molecule has 2 N–H and O–H groups in total. The molecule has 0 bridgehead atoms. The van der Waals surface area contributed by atoms with Gasteiger partial charge in [0.15, 0.2) is 0 Å². The van der Waals surface area contributed by atoms with Crippen molar-refractivity contribution < 1.29 is 10.2 Å². The zero-order valence-corrected chi connectivity index (χ0v) is 10.1. The van der Waals surface area contributed by atoms with Crippen molar-refractivity contribution in [2.24, 2.45) is 0 Å². The van der Waals surface area contributed by atoms with E-state index in [9.17, 15) is 10.2 Å². The highest BCUT2D eigenvalue weighted by Crippen LogP contribution is 2.21. The summed E-state index contributed by atoms with van der Waals surface area (Å²) in [4.78, 5) is 0. The Morgan fingerprint density at radius 3 is 2.13 bits per heavy atom. The van der Waals surface area contributed by atoms with Crippen LogP contribution in [0.4, 0.5) is 0 Å². The highest BCUT2D eigenvalue weighted by Gasteiger charge is 2.17. The Hall–Kier alpha value is -0.860. The third-order valence-corrected chi connectivity index (χ3v) is 2.29. The van der Waals surface area contributed by atoms with Crippen LogP contribution in [0.3, 0.4) is 0 Å². The average Bonchev–Trinajstić information content (AvgIpc) is 2.30. The van der Waals surface area contributed by atoms with Crippen LogP contribution >= 0.6 is 0 Å². The van der Waals surface area contributed by atoms with Crippen molar-refractivity contribution in [2.75, 3.05) is 0 Å². The SMILES string of the molecule is CC.CCC(O)C(O)c1ccccc1C. The molecule has 2 unspecified atom stereocenters. The van der Waals surface area contributed by atoms with Crippen molar-refractivity contribution in [1.29, 1.82) is 0 Å². The van der Waals surface area contributed by atoms with Gasteiger partial charge in [0.2, 0.25) is 0 Å². The van der Waals surface area contributed by atoms with E-state index >= 15 is 0 Å². The first-order valence-electron chi connectivity index (χ1n) is 5.58. The fourth-order valence-corrected chi connectivity index (χ4v) is 1.35. The van der Waals surface area contributed by atoms with Gasteiger partial charge in [-0.2, -0.15) is 0 Å². The summed E-state index contributed by atoms with van der Waals surface area (Å²) in [5.41, 5.74) is 1.83. The third-order valence-electron chi connectivity index (χ3n) is 2.29. The zero-order chi connectivity index (χ0) is 11.8. The van der Waals surface area contributed by atoms with Crippen LogP contribution in [0.25, 0.3) is 0 Å². The largest absolute Gasteiger partial charge is 0.390 e. The van der Waals surface area contributed by atoms with Gasteiger partial charge in [0.1, 0.15) is 6.10 Å². The first-order valence-corrected chi connectivity index (χ1v) is 5.58. The van der Waals surface area contributed by atoms with E-state index in [1.165, 1.54) is 0 Å². The Labute approximate surface area is 92.6 Å². The number of aryl methyl sites for hydroxylation is 1. The molecule has 0 aliphatic carbocycles. The van der Waals surface area contributed by atoms with Gasteiger partial charge in [0, 0.05) is 0 Å². The first kappa shape index (κ1) is 14.1. The summed E-state index contributed by atoms with van der Waals surface area (Å²) < 4.78 is 0. The van der Waals surface area contributed by atoms with Gasteiger partial charge in [-0.1, -0.05) is 45.0 Å². The summed E-state index contributed by atoms with van der Waals surface area (Å²) in [5.74, 6) is 0. The van der Waals surface area contributed by atoms with Gasteiger partial charge < -0.3 is 10.2 Å². The maximum atomic E-state index is 9.72. The zero-order valence-electron chi connectivity index (χ0n) is 10.1. The number of aliphatic hydroxyl groups is 2. The predicted octanol–water partition coefficient (Wildman–Crippen LogP) is 2.83. The molecule has 0 aromatic heterocycles. The third kappa shape index (κ3) is 4.02. The average molecular weight is 210 g/mol. The molecule has 2 heteroatoms. The quantitative estimate of drug-likeness (QED) is 0.805. The molecular formula is C13H22O2. The molecule has 0 spiro atoms. The maximum absolute atomic E-state index is 9.72. The van der Waals surface area contributed by atoms with E-state index in [0.29, 0.717) is 6.42 Å². The number of rotatable bonds is 3. The molecule has 15 heavy (non-hydrogen) atoms. The molecule has 0 heterocycles. The maximum Gasteiger partial charge on any atom is 0.105 e. The highest BCUT2D eigenvalue weighted by atomic mass is 16.3. The summed E-state index contributed by atoms with van der Waals surface area (Å²) in [6.45, 7) is 7.78. The van der Waals surface area contributed by atoms with Crippen molar-refractivity contribution in [3.8, 4) is 0 Å². The van der Waals surface area contributed by atoms with Crippen molar-refractivity contribution in [3.05, 3.63) is 35.4 Å². The standard InChI is InChI=1S/C11H16O2.C2H6/c1-3-10(12)11(13)9-7-5-4-6-8(9)2;1-2/h4-7,10-13H,3H2,1-2H3;1-2H3. The lowest BCUT2D eigenvalue weighted by atomic mass is 9.98. The summed E-state index contributed by atoms with van der Waals surface area (Å²) in [6.07, 6.45) is -0.859. The minimum Gasteiger partial charge on any atom is -0.390 e. The van der Waals surface area contributed by atoms with E-state index in [2.05, 4.69) is 0 Å². The Bertz CT molecular complexity index is 271. The summed E-state index contributed by atoms with van der Waals surface area (Å²) in [7, 11) is 0. The van der Waals surface area contributed by atoms with Crippen molar-refractivity contribution in [2.45, 2.75) is 46.3 Å². The lowest BCUT2D eigenvalue weighted by Gasteiger charge is -2.18. The summed E-state index contributed by atoms with van der Waals surface area (Å²) in [5, 5.41) is 19.2. The fraction of sp³-hybridized carbons (Fsp3) is 0.538. The lowest BCUT2D eigenvalue weighted by Crippen LogP contribution is -2.17. The van der Waals surface area contributed by atoms with Crippen LogP contribution in [-0.4, -0.2) is 16.3 Å². The lowest BCUT2D eigenvalue weighted by molar-refractivity contribution is 0.0161. The summed E-state index contributed by atoms with van der Waals surface area (Å²) in [6, 6.07) is 7.57. The van der Waals surface area contributed by atoms with Crippen LogP contribution in [0.1, 0.15) is 44.4 Å². The Morgan fingerprint density at radius 2 is 1.67 bits per heavy atom. The molecule has 0 amide bonds. The van der Waals surface area contributed by atoms with E-state index in [0.717, 1.165) is 11.1 Å². The fourth-order valence-electron chi connectivity index (χ4n) is 1.35. The van der Waals surface area contributed by atoms with Crippen LogP contribution in [-0.2, 0) is 0 Å². The van der Waals surface area contributed by atoms with Crippen LogP contribution in [0.2, 0.25) is 0 Å². The topological polar surface area (TPSA) is 40.5 Å². The van der Waals surface area contributed by atoms with Crippen LogP contribution in [0.5, 0.6) is 0 Å². The molecule has 0 radical (unpaired) electrons. The molecule has 0 saturated heterocycles. The monoisotopic (exact) mass is 210 g/mol. The highest BCUT2D eigenvalue weighted by molar-refractivity contribution is 5.28. The normalized spacial score (nSPS) is 13.7. The van der Waals surface area contributed by atoms with Gasteiger partial charge in [-0.05, 0) is 24.5 Å². The molecule has 0 fully saturated rings. The van der Waals surface area contributed by atoms with Crippen molar-refractivity contribution in [3.63, 3.8) is 0 Å². The molecule has 2 atom stereocenters. The van der Waals surface area contributed by atoms with Crippen LogP contribution in [0, 0.1) is 6.92 Å². The van der Waals surface area contributed by atoms with E-state index in [-0.39, 0.29) is 0 Å². The van der Waals surface area contributed by atoms with Crippen molar-refractivity contribution in [1.82, 2.24) is 0 Å². The van der Waals surface area contributed by atoms with Gasteiger partial charge in [0.25, 0.3) is 0 Å². The molecule has 0 aliphatic rings. The molecule has 1 rings (SSSR count). The Morgan fingerprint density at radius 1 is 1.13 bits per heavy atom. The van der Waals surface area contributed by atoms with E-state index < -0.39 is 12.2 Å². The van der Waals surface area contributed by atoms with E-state index in [4.69, 9.17) is 0 Å². The second-order valence-corrected chi connectivity index (χ2v) is 3.28. The van der Waals surface area contributed by atoms with Gasteiger partial charge >= 0.3 is 0 Å². The smallest absolute Gasteiger partial charge is 0.105 e. The molecule has 1 aromatic rings. The summed E-state index contributed by atoms with van der Waals surface area (Å²) >= 11 is 0.